The summed E-state index contributed by atoms with van der Waals surface area (Å²) in [6, 6.07) is 0. The van der Waals surface area contributed by atoms with Gasteiger partial charge in [0.1, 0.15) is 0 Å². The molecule has 5 nitrogen and oxygen atoms in total. The van der Waals surface area contributed by atoms with Crippen molar-refractivity contribution in [3.8, 4) is 0 Å². The molecule has 0 saturated heterocycles. The van der Waals surface area contributed by atoms with Crippen LogP contribution in [0.3, 0.4) is 0 Å². The predicted octanol–water partition coefficient (Wildman–Crippen LogP) is 11.5. The molecule has 45 heavy (non-hydrogen) atoms. The van der Waals surface area contributed by atoms with E-state index in [9.17, 15) is 9.59 Å². The smallest absolute Gasteiger partial charge is 0.376 e. The number of methoxy groups -OCH3 is 1. The fraction of sp³-hybridized carbons (Fsp3) is 0.850. The van der Waals surface area contributed by atoms with Gasteiger partial charge in [-0.25, -0.2) is 9.59 Å². The summed E-state index contributed by atoms with van der Waals surface area (Å²) in [6.07, 6.45) is 33.2. The molecule has 3 aliphatic carbocycles. The van der Waals surface area contributed by atoms with Crippen LogP contribution in [-0.4, -0.2) is 25.3 Å². The molecule has 258 valence electrons. The highest BCUT2D eigenvalue weighted by Gasteiger charge is 2.53. The Morgan fingerprint density at radius 1 is 0.533 bits per heavy atom. The standard InChI is InChI=1S/C40H68O5/c1-32(38(41)44-33(2)39(42)45-34(3)43-4)40(35-26-20-14-8-5-9-15-21-27-35,36-28-22-16-10-6-11-17-23-29-36)37-30-24-18-12-7-13-19-25-31-37/h34-37H,1-2,5-31H2,3-4H3. The van der Waals surface area contributed by atoms with Crippen molar-refractivity contribution in [2.45, 2.75) is 187 Å². The van der Waals surface area contributed by atoms with Gasteiger partial charge in [-0.3, -0.25) is 0 Å². The quantitative estimate of drug-likeness (QED) is 0.110. The minimum absolute atomic E-state index is 0.276. The SMILES string of the molecule is C=C(OC(=O)C(=C)C(C1CCCCCCCCC1)(C1CCCCCCCCC1)C1CCCCCCCCC1)C(=O)OC(C)OC. The second-order valence-corrected chi connectivity index (χ2v) is 14.7. The lowest BCUT2D eigenvalue weighted by atomic mass is 9.50. The molecule has 3 rings (SSSR count). The summed E-state index contributed by atoms with van der Waals surface area (Å²) >= 11 is 0. The molecule has 0 amide bonds. The minimum Gasteiger partial charge on any atom is -0.430 e. The number of ether oxygens (including phenoxy) is 3. The van der Waals surface area contributed by atoms with Crippen molar-refractivity contribution < 1.29 is 23.8 Å². The van der Waals surface area contributed by atoms with Crippen LogP contribution in [0.1, 0.15) is 180 Å². The van der Waals surface area contributed by atoms with Crippen LogP contribution >= 0.6 is 0 Å². The average molecular weight is 629 g/mol. The Morgan fingerprint density at radius 2 is 0.822 bits per heavy atom. The molecule has 0 aromatic heterocycles. The summed E-state index contributed by atoms with van der Waals surface area (Å²) in [5.41, 5.74) is 0.306. The summed E-state index contributed by atoms with van der Waals surface area (Å²) < 4.78 is 16.2. The van der Waals surface area contributed by atoms with E-state index in [1.807, 2.05) is 0 Å². The van der Waals surface area contributed by atoms with Crippen LogP contribution in [-0.2, 0) is 23.8 Å². The van der Waals surface area contributed by atoms with Crippen molar-refractivity contribution in [2.75, 3.05) is 7.11 Å². The van der Waals surface area contributed by atoms with Crippen LogP contribution in [0.15, 0.2) is 24.5 Å². The highest BCUT2D eigenvalue weighted by Crippen LogP contribution is 2.58. The number of rotatable bonds is 9. The molecule has 0 aromatic rings. The van der Waals surface area contributed by atoms with E-state index in [0.29, 0.717) is 23.3 Å². The number of hydrogen-bond donors (Lipinski definition) is 0. The lowest BCUT2D eigenvalue weighted by molar-refractivity contribution is -0.171. The van der Waals surface area contributed by atoms with Gasteiger partial charge in [0.2, 0.25) is 5.76 Å². The molecule has 0 spiro atoms. The fourth-order valence-electron chi connectivity index (χ4n) is 9.26. The first-order valence-corrected chi connectivity index (χ1v) is 19.3. The van der Waals surface area contributed by atoms with E-state index < -0.39 is 18.2 Å². The molecular formula is C40H68O5. The van der Waals surface area contributed by atoms with Crippen LogP contribution in [0.5, 0.6) is 0 Å². The minimum atomic E-state index is -0.757. The third-order valence-corrected chi connectivity index (χ3v) is 11.7. The second kappa shape index (κ2) is 21.3. The monoisotopic (exact) mass is 629 g/mol. The van der Waals surface area contributed by atoms with Crippen molar-refractivity contribution in [1.29, 1.82) is 0 Å². The molecule has 1 unspecified atom stereocenters. The van der Waals surface area contributed by atoms with Gasteiger partial charge in [0.15, 0.2) is 6.29 Å². The number of carbonyl (C=O) groups is 2. The highest BCUT2D eigenvalue weighted by atomic mass is 16.7. The maximum Gasteiger partial charge on any atom is 0.376 e. The van der Waals surface area contributed by atoms with E-state index in [1.54, 1.807) is 6.92 Å². The van der Waals surface area contributed by atoms with E-state index in [2.05, 4.69) is 6.58 Å². The fourth-order valence-corrected chi connectivity index (χ4v) is 9.26. The van der Waals surface area contributed by atoms with Gasteiger partial charge in [0.25, 0.3) is 0 Å². The topological polar surface area (TPSA) is 61.8 Å². The molecule has 1 atom stereocenters. The first kappa shape index (κ1) is 37.8. The predicted molar refractivity (Wildman–Crippen MR) is 184 cm³/mol. The highest BCUT2D eigenvalue weighted by molar-refractivity contribution is 5.95. The molecule has 0 aliphatic heterocycles. The second-order valence-electron chi connectivity index (χ2n) is 14.7. The third-order valence-electron chi connectivity index (χ3n) is 11.7. The van der Waals surface area contributed by atoms with Crippen LogP contribution < -0.4 is 0 Å². The average Bonchev–Trinajstić information content (AvgIpc) is 3.05. The van der Waals surface area contributed by atoms with Gasteiger partial charge in [0.05, 0.1) is 0 Å². The van der Waals surface area contributed by atoms with Gasteiger partial charge in [-0.05, 0) is 69.8 Å². The zero-order chi connectivity index (χ0) is 32.3. The summed E-state index contributed by atoms with van der Waals surface area (Å²) in [6.45, 7) is 10.2. The van der Waals surface area contributed by atoms with E-state index in [0.717, 1.165) is 38.5 Å². The first-order chi connectivity index (χ1) is 21.9. The Balaban J connectivity index is 2.09. The van der Waals surface area contributed by atoms with E-state index >= 15 is 0 Å². The largest absolute Gasteiger partial charge is 0.430 e. The molecule has 0 bridgehead atoms. The van der Waals surface area contributed by atoms with E-state index in [-0.39, 0.29) is 11.2 Å². The van der Waals surface area contributed by atoms with Gasteiger partial charge in [-0.1, -0.05) is 141 Å². The lowest BCUT2D eigenvalue weighted by Crippen LogP contribution is -2.48. The molecule has 5 heteroatoms. The molecule has 3 aliphatic rings. The Hall–Kier alpha value is -1.62. The van der Waals surface area contributed by atoms with Gasteiger partial charge >= 0.3 is 11.9 Å². The van der Waals surface area contributed by atoms with Gasteiger partial charge in [0, 0.05) is 18.1 Å². The van der Waals surface area contributed by atoms with Crippen molar-refractivity contribution in [3.63, 3.8) is 0 Å². The van der Waals surface area contributed by atoms with Crippen LogP contribution in [0, 0.1) is 23.2 Å². The third kappa shape index (κ3) is 11.8. The van der Waals surface area contributed by atoms with Crippen LogP contribution in [0.25, 0.3) is 0 Å². The van der Waals surface area contributed by atoms with Crippen LogP contribution in [0.4, 0.5) is 0 Å². The maximum absolute atomic E-state index is 14.4. The summed E-state index contributed by atoms with van der Waals surface area (Å²) in [5.74, 6) is -0.275. The molecule has 0 aromatic carbocycles. The molecule has 3 fully saturated rings. The lowest BCUT2D eigenvalue weighted by Gasteiger charge is -2.53. The molecule has 0 heterocycles. The Kier molecular flexibility index (Phi) is 17.9. The van der Waals surface area contributed by atoms with Gasteiger partial charge < -0.3 is 14.2 Å². The zero-order valence-corrected chi connectivity index (χ0v) is 29.4. The Morgan fingerprint density at radius 3 is 1.11 bits per heavy atom. The number of hydrogen-bond acceptors (Lipinski definition) is 5. The van der Waals surface area contributed by atoms with Crippen molar-refractivity contribution >= 4 is 11.9 Å². The zero-order valence-electron chi connectivity index (χ0n) is 29.4. The molecule has 0 N–H and O–H groups in total. The molecule has 0 radical (unpaired) electrons. The van der Waals surface area contributed by atoms with Crippen molar-refractivity contribution in [1.82, 2.24) is 0 Å². The van der Waals surface area contributed by atoms with Crippen molar-refractivity contribution in [3.05, 3.63) is 24.5 Å². The summed E-state index contributed by atoms with van der Waals surface area (Å²) in [4.78, 5) is 27.2. The number of carbonyl (C=O) groups excluding carboxylic acids is 2. The first-order valence-electron chi connectivity index (χ1n) is 19.3. The molecule has 3 saturated carbocycles. The van der Waals surface area contributed by atoms with E-state index in [4.69, 9.17) is 20.8 Å². The summed E-state index contributed by atoms with van der Waals surface area (Å²) in [7, 11) is 1.47. The Labute approximate surface area is 276 Å². The van der Waals surface area contributed by atoms with Crippen LogP contribution in [0.2, 0.25) is 0 Å². The Bertz CT molecular complexity index is 799. The number of esters is 2. The van der Waals surface area contributed by atoms with Gasteiger partial charge in [-0.2, -0.15) is 0 Å². The van der Waals surface area contributed by atoms with Crippen molar-refractivity contribution in [2.24, 2.45) is 23.2 Å². The normalized spacial score (nSPS) is 22.8. The molecular weight excluding hydrogens is 560 g/mol. The van der Waals surface area contributed by atoms with Gasteiger partial charge in [-0.15, -0.1) is 0 Å². The maximum atomic E-state index is 14.4. The summed E-state index contributed by atoms with van der Waals surface area (Å²) in [5, 5.41) is 0. The van der Waals surface area contributed by atoms with E-state index in [1.165, 1.54) is 142 Å².